The molecule has 0 aliphatic carbocycles. The Hall–Kier alpha value is -0.650. The number of nitrogens with zero attached hydrogens (tertiary/aromatic N) is 3. The zero-order chi connectivity index (χ0) is 12.5. The van der Waals surface area contributed by atoms with Crippen LogP contribution >= 0.6 is 11.3 Å². The third kappa shape index (κ3) is 2.27. The van der Waals surface area contributed by atoms with E-state index in [4.69, 9.17) is 0 Å². The maximum absolute atomic E-state index is 4.59. The Morgan fingerprint density at radius 3 is 3.06 bits per heavy atom. The Labute approximate surface area is 113 Å². The first-order chi connectivity index (χ1) is 8.78. The molecule has 5 heteroatoms. The quantitative estimate of drug-likeness (QED) is 0.899. The zero-order valence-electron chi connectivity index (χ0n) is 11.2. The van der Waals surface area contributed by atoms with E-state index >= 15 is 0 Å². The highest BCUT2D eigenvalue weighted by atomic mass is 32.1. The molecule has 2 aliphatic rings. The summed E-state index contributed by atoms with van der Waals surface area (Å²) in [7, 11) is 4.28. The standard InChI is InChI=1S/C13H22N4S/c1-14-7-12-8-15-13(18-12)17-6-5-10-3-4-11(9-17)16(10)2/h8,10-11,14H,3-7,9H2,1-2H3. The third-order valence-corrected chi connectivity index (χ3v) is 5.37. The maximum Gasteiger partial charge on any atom is 0.185 e. The molecule has 1 N–H and O–H groups in total. The van der Waals surface area contributed by atoms with Crippen LogP contribution in [-0.2, 0) is 6.54 Å². The first-order valence-corrected chi connectivity index (χ1v) is 7.65. The van der Waals surface area contributed by atoms with Gasteiger partial charge in [-0.2, -0.15) is 0 Å². The van der Waals surface area contributed by atoms with E-state index in [1.165, 1.54) is 29.3 Å². The van der Waals surface area contributed by atoms with Crippen LogP contribution in [0.2, 0.25) is 0 Å². The smallest absolute Gasteiger partial charge is 0.185 e. The van der Waals surface area contributed by atoms with Gasteiger partial charge in [0.15, 0.2) is 5.13 Å². The first-order valence-electron chi connectivity index (χ1n) is 6.84. The molecule has 2 saturated heterocycles. The molecular formula is C13H22N4S. The highest BCUT2D eigenvalue weighted by Crippen LogP contribution is 2.32. The minimum absolute atomic E-state index is 0.731. The lowest BCUT2D eigenvalue weighted by molar-refractivity contribution is 0.254. The molecule has 2 unspecified atom stereocenters. The van der Waals surface area contributed by atoms with Crippen molar-refractivity contribution in [3.05, 3.63) is 11.1 Å². The number of hydrogen-bond donors (Lipinski definition) is 1. The molecule has 3 heterocycles. The summed E-state index contributed by atoms with van der Waals surface area (Å²) in [5, 5.41) is 4.40. The summed E-state index contributed by atoms with van der Waals surface area (Å²) in [5.74, 6) is 0. The Bertz CT molecular complexity index is 405. The van der Waals surface area contributed by atoms with Gasteiger partial charge < -0.3 is 10.2 Å². The summed E-state index contributed by atoms with van der Waals surface area (Å²) in [6.45, 7) is 3.25. The highest BCUT2D eigenvalue weighted by molar-refractivity contribution is 7.15. The molecule has 18 heavy (non-hydrogen) atoms. The fraction of sp³-hybridized carbons (Fsp3) is 0.769. The second-order valence-electron chi connectivity index (χ2n) is 5.42. The van der Waals surface area contributed by atoms with E-state index in [2.05, 4.69) is 27.1 Å². The van der Waals surface area contributed by atoms with Crippen molar-refractivity contribution in [2.24, 2.45) is 0 Å². The molecule has 100 valence electrons. The molecule has 0 saturated carbocycles. The van der Waals surface area contributed by atoms with Crippen LogP contribution in [0.15, 0.2) is 6.20 Å². The lowest BCUT2D eigenvalue weighted by Gasteiger charge is -2.25. The number of hydrogen-bond acceptors (Lipinski definition) is 5. The lowest BCUT2D eigenvalue weighted by atomic mass is 10.1. The Morgan fingerprint density at radius 2 is 2.22 bits per heavy atom. The van der Waals surface area contributed by atoms with Gasteiger partial charge in [-0.3, -0.25) is 4.90 Å². The van der Waals surface area contributed by atoms with Crippen LogP contribution in [0, 0.1) is 0 Å². The third-order valence-electron chi connectivity index (χ3n) is 4.31. The van der Waals surface area contributed by atoms with Crippen LogP contribution in [0.5, 0.6) is 0 Å². The van der Waals surface area contributed by atoms with Gasteiger partial charge in [0, 0.05) is 42.8 Å². The topological polar surface area (TPSA) is 31.4 Å². The van der Waals surface area contributed by atoms with Crippen molar-refractivity contribution in [2.75, 3.05) is 32.1 Å². The Kier molecular flexibility index (Phi) is 3.54. The van der Waals surface area contributed by atoms with Gasteiger partial charge >= 0.3 is 0 Å². The van der Waals surface area contributed by atoms with E-state index in [0.29, 0.717) is 0 Å². The van der Waals surface area contributed by atoms with Crippen molar-refractivity contribution >= 4 is 16.5 Å². The predicted octanol–water partition coefficient (Wildman–Crippen LogP) is 1.54. The molecule has 0 radical (unpaired) electrons. The van der Waals surface area contributed by atoms with Gasteiger partial charge in [-0.1, -0.05) is 0 Å². The van der Waals surface area contributed by atoms with Gasteiger partial charge in [-0.25, -0.2) is 4.98 Å². The molecule has 0 aromatic carbocycles. The SMILES string of the molecule is CNCc1cnc(N2CCC3CCC(C2)N3C)s1. The molecule has 2 atom stereocenters. The van der Waals surface area contributed by atoms with E-state index in [1.807, 2.05) is 24.6 Å². The average molecular weight is 266 g/mol. The summed E-state index contributed by atoms with van der Waals surface area (Å²) in [4.78, 5) is 11.0. The number of aromatic nitrogens is 1. The maximum atomic E-state index is 4.59. The summed E-state index contributed by atoms with van der Waals surface area (Å²) in [6, 6.07) is 1.53. The molecule has 2 aliphatic heterocycles. The van der Waals surface area contributed by atoms with Gasteiger partial charge in [-0.05, 0) is 33.4 Å². The number of rotatable bonds is 3. The van der Waals surface area contributed by atoms with Crippen LogP contribution in [-0.4, -0.2) is 49.2 Å². The number of likely N-dealkylation sites (N-methyl/N-ethyl adjacent to an activating group) is 1. The average Bonchev–Trinajstić information content (AvgIpc) is 2.87. The Balaban J connectivity index is 1.72. The molecule has 2 bridgehead atoms. The van der Waals surface area contributed by atoms with Crippen LogP contribution in [0.4, 0.5) is 5.13 Å². The number of thiazole rings is 1. The minimum atomic E-state index is 0.731. The molecule has 0 amide bonds. The summed E-state index contributed by atoms with van der Waals surface area (Å²) in [5.41, 5.74) is 0. The molecule has 1 aromatic rings. The summed E-state index contributed by atoms with van der Waals surface area (Å²) >= 11 is 1.84. The number of anilines is 1. The largest absolute Gasteiger partial charge is 0.346 e. The zero-order valence-corrected chi connectivity index (χ0v) is 12.0. The first kappa shape index (κ1) is 12.4. The van der Waals surface area contributed by atoms with Crippen LogP contribution in [0.25, 0.3) is 0 Å². The van der Waals surface area contributed by atoms with Gasteiger partial charge in [0.25, 0.3) is 0 Å². The summed E-state index contributed by atoms with van der Waals surface area (Å²) in [6.07, 6.45) is 6.04. The Morgan fingerprint density at radius 1 is 1.39 bits per heavy atom. The van der Waals surface area contributed by atoms with E-state index in [9.17, 15) is 0 Å². The lowest BCUT2D eigenvalue weighted by Crippen LogP contribution is -2.36. The van der Waals surface area contributed by atoms with Crippen molar-refractivity contribution in [3.8, 4) is 0 Å². The van der Waals surface area contributed by atoms with Crippen molar-refractivity contribution in [1.82, 2.24) is 15.2 Å². The normalized spacial score (nSPS) is 28.7. The van der Waals surface area contributed by atoms with Gasteiger partial charge in [0.05, 0.1) is 0 Å². The van der Waals surface area contributed by atoms with Gasteiger partial charge in [0.1, 0.15) is 0 Å². The number of nitrogens with one attached hydrogen (secondary N) is 1. The highest BCUT2D eigenvalue weighted by Gasteiger charge is 2.35. The fourth-order valence-electron chi connectivity index (χ4n) is 3.18. The molecule has 3 rings (SSSR count). The minimum Gasteiger partial charge on any atom is -0.346 e. The van der Waals surface area contributed by atoms with E-state index in [-0.39, 0.29) is 0 Å². The molecule has 0 spiro atoms. The van der Waals surface area contributed by atoms with Crippen molar-refractivity contribution in [3.63, 3.8) is 0 Å². The monoisotopic (exact) mass is 266 g/mol. The molecule has 4 nitrogen and oxygen atoms in total. The van der Waals surface area contributed by atoms with Crippen LogP contribution in [0.3, 0.4) is 0 Å². The fourth-order valence-corrected chi connectivity index (χ4v) is 4.14. The second-order valence-corrected chi connectivity index (χ2v) is 6.52. The predicted molar refractivity (Wildman–Crippen MR) is 76.3 cm³/mol. The van der Waals surface area contributed by atoms with Crippen LogP contribution in [0.1, 0.15) is 24.1 Å². The van der Waals surface area contributed by atoms with E-state index in [0.717, 1.165) is 31.7 Å². The molecule has 2 fully saturated rings. The summed E-state index contributed by atoms with van der Waals surface area (Å²) < 4.78 is 0. The van der Waals surface area contributed by atoms with E-state index < -0.39 is 0 Å². The van der Waals surface area contributed by atoms with Crippen molar-refractivity contribution in [2.45, 2.75) is 37.9 Å². The van der Waals surface area contributed by atoms with Gasteiger partial charge in [0.2, 0.25) is 0 Å². The second kappa shape index (κ2) is 5.15. The van der Waals surface area contributed by atoms with Crippen molar-refractivity contribution < 1.29 is 0 Å². The van der Waals surface area contributed by atoms with Gasteiger partial charge in [-0.15, -0.1) is 11.3 Å². The van der Waals surface area contributed by atoms with E-state index in [1.54, 1.807) is 0 Å². The van der Waals surface area contributed by atoms with Crippen LogP contribution < -0.4 is 10.2 Å². The molecule has 1 aromatic heterocycles. The van der Waals surface area contributed by atoms with Crippen molar-refractivity contribution in [1.29, 1.82) is 0 Å². The number of fused-ring (bicyclic) bond motifs is 2. The molecular weight excluding hydrogens is 244 g/mol.